The molecule has 0 unspecified atom stereocenters. The predicted molar refractivity (Wildman–Crippen MR) is 88.5 cm³/mol. The van der Waals surface area contributed by atoms with Crippen molar-refractivity contribution in [3.8, 4) is 0 Å². The van der Waals surface area contributed by atoms with E-state index in [-0.39, 0.29) is 18.9 Å². The lowest BCUT2D eigenvalue weighted by Gasteiger charge is -2.19. The summed E-state index contributed by atoms with van der Waals surface area (Å²) in [5.74, 6) is -1.10. The van der Waals surface area contributed by atoms with Crippen molar-refractivity contribution >= 4 is 29.3 Å². The number of aliphatic carboxylic acids is 1. The second kappa shape index (κ2) is 7.62. The Labute approximate surface area is 135 Å². The summed E-state index contributed by atoms with van der Waals surface area (Å²) in [6.45, 7) is 7.34. The molecule has 23 heavy (non-hydrogen) atoms. The first-order valence-corrected chi connectivity index (χ1v) is 7.28. The van der Waals surface area contributed by atoms with Crippen LogP contribution in [0.3, 0.4) is 0 Å². The van der Waals surface area contributed by atoms with E-state index in [0.29, 0.717) is 11.4 Å². The van der Waals surface area contributed by atoms with Crippen LogP contribution in [0, 0.1) is 12.3 Å². The molecule has 0 radical (unpaired) electrons. The molecule has 0 atom stereocenters. The molecule has 4 N–H and O–H groups in total. The maximum absolute atomic E-state index is 12.1. The van der Waals surface area contributed by atoms with E-state index in [0.717, 1.165) is 5.56 Å². The van der Waals surface area contributed by atoms with Crippen molar-refractivity contribution in [2.75, 3.05) is 17.2 Å². The summed E-state index contributed by atoms with van der Waals surface area (Å²) in [5, 5.41) is 16.4. The first kappa shape index (κ1) is 18.5. The maximum atomic E-state index is 12.1. The highest BCUT2D eigenvalue weighted by Gasteiger charge is 2.21. The van der Waals surface area contributed by atoms with Gasteiger partial charge in [0.2, 0.25) is 5.91 Å². The summed E-state index contributed by atoms with van der Waals surface area (Å²) in [4.78, 5) is 34.1. The Morgan fingerprint density at radius 1 is 1.13 bits per heavy atom. The number of rotatable bonds is 5. The van der Waals surface area contributed by atoms with Crippen LogP contribution in [0.4, 0.5) is 16.2 Å². The fraction of sp³-hybridized carbons (Fsp3) is 0.438. The highest BCUT2D eigenvalue weighted by Crippen LogP contribution is 2.23. The number of hydrogen-bond donors (Lipinski definition) is 4. The maximum Gasteiger partial charge on any atom is 0.319 e. The van der Waals surface area contributed by atoms with Crippen molar-refractivity contribution in [1.82, 2.24) is 5.32 Å². The van der Waals surface area contributed by atoms with Crippen molar-refractivity contribution in [1.29, 1.82) is 0 Å². The molecule has 1 aromatic rings. The average Bonchev–Trinajstić information content (AvgIpc) is 2.41. The number of benzene rings is 1. The smallest absolute Gasteiger partial charge is 0.319 e. The van der Waals surface area contributed by atoms with Crippen LogP contribution in [0.5, 0.6) is 0 Å². The number of aryl methyl sites for hydroxylation is 1. The van der Waals surface area contributed by atoms with Gasteiger partial charge in [0.05, 0.1) is 6.42 Å². The molecule has 126 valence electrons. The van der Waals surface area contributed by atoms with E-state index in [1.807, 2.05) is 27.7 Å². The number of carboxylic acid groups (broad SMARTS) is 1. The molecule has 0 heterocycles. The fourth-order valence-electron chi connectivity index (χ4n) is 1.60. The van der Waals surface area contributed by atoms with Crippen LogP contribution in [0.25, 0.3) is 0 Å². The van der Waals surface area contributed by atoms with Crippen LogP contribution in [0.15, 0.2) is 18.2 Å². The number of amides is 3. The van der Waals surface area contributed by atoms with Gasteiger partial charge < -0.3 is 21.1 Å². The van der Waals surface area contributed by atoms with Crippen LogP contribution in [0.2, 0.25) is 0 Å². The Morgan fingerprint density at radius 3 is 2.35 bits per heavy atom. The third kappa shape index (κ3) is 6.37. The van der Waals surface area contributed by atoms with Crippen molar-refractivity contribution in [2.45, 2.75) is 34.1 Å². The van der Waals surface area contributed by atoms with Gasteiger partial charge in [0, 0.05) is 23.3 Å². The van der Waals surface area contributed by atoms with E-state index in [1.54, 1.807) is 18.2 Å². The SMILES string of the molecule is Cc1ccc(NC(=O)NCCC(=O)O)cc1NC(=O)C(C)(C)C. The van der Waals surface area contributed by atoms with Crippen molar-refractivity contribution in [3.05, 3.63) is 23.8 Å². The molecule has 0 saturated heterocycles. The Balaban J connectivity index is 2.71. The molecule has 1 rings (SSSR count). The minimum absolute atomic E-state index is 0.0423. The first-order chi connectivity index (χ1) is 10.6. The highest BCUT2D eigenvalue weighted by molar-refractivity contribution is 5.96. The van der Waals surface area contributed by atoms with Gasteiger partial charge in [0.25, 0.3) is 0 Å². The summed E-state index contributed by atoms with van der Waals surface area (Å²) < 4.78 is 0. The molecule has 0 bridgehead atoms. The number of nitrogens with one attached hydrogen (secondary N) is 3. The minimum atomic E-state index is -0.979. The molecule has 3 amide bonds. The highest BCUT2D eigenvalue weighted by atomic mass is 16.4. The van der Waals surface area contributed by atoms with Crippen molar-refractivity contribution in [2.24, 2.45) is 5.41 Å². The number of anilines is 2. The van der Waals surface area contributed by atoms with Crippen LogP contribution >= 0.6 is 0 Å². The molecule has 7 nitrogen and oxygen atoms in total. The van der Waals surface area contributed by atoms with Gasteiger partial charge in [-0.3, -0.25) is 9.59 Å². The Morgan fingerprint density at radius 2 is 1.78 bits per heavy atom. The van der Waals surface area contributed by atoms with E-state index < -0.39 is 17.4 Å². The standard InChI is InChI=1S/C16H23N3O4/c1-10-5-6-11(18-15(23)17-8-7-13(20)21)9-12(10)19-14(22)16(2,3)4/h5-6,9H,7-8H2,1-4H3,(H,19,22)(H,20,21)(H2,17,18,23). The molecule has 0 aliphatic rings. The number of urea groups is 1. The van der Waals surface area contributed by atoms with Crippen molar-refractivity contribution < 1.29 is 19.5 Å². The molecule has 0 saturated carbocycles. The first-order valence-electron chi connectivity index (χ1n) is 7.28. The Bertz CT molecular complexity index is 606. The van der Waals surface area contributed by atoms with Gasteiger partial charge in [-0.25, -0.2) is 4.79 Å². The van der Waals surface area contributed by atoms with E-state index in [4.69, 9.17) is 5.11 Å². The third-order valence-electron chi connectivity index (χ3n) is 3.05. The lowest BCUT2D eigenvalue weighted by Crippen LogP contribution is -2.30. The molecule has 0 aliphatic heterocycles. The quantitative estimate of drug-likeness (QED) is 0.668. The van der Waals surface area contributed by atoms with E-state index >= 15 is 0 Å². The monoisotopic (exact) mass is 321 g/mol. The second-order valence-corrected chi connectivity index (χ2v) is 6.26. The molecular weight excluding hydrogens is 298 g/mol. The third-order valence-corrected chi connectivity index (χ3v) is 3.05. The minimum Gasteiger partial charge on any atom is -0.481 e. The van der Waals surface area contributed by atoms with Gasteiger partial charge in [-0.15, -0.1) is 0 Å². The van der Waals surface area contributed by atoms with Crippen molar-refractivity contribution in [3.63, 3.8) is 0 Å². The Hall–Kier alpha value is -2.57. The number of carbonyl (C=O) groups excluding carboxylic acids is 2. The molecule has 0 fully saturated rings. The van der Waals surface area contributed by atoms with Gasteiger partial charge in [-0.05, 0) is 24.6 Å². The fourth-order valence-corrected chi connectivity index (χ4v) is 1.60. The summed E-state index contributed by atoms with van der Waals surface area (Å²) >= 11 is 0. The molecular formula is C16H23N3O4. The summed E-state index contributed by atoms with van der Waals surface area (Å²) in [5.41, 5.74) is 1.48. The molecule has 0 aromatic heterocycles. The molecule has 7 heteroatoms. The van der Waals surface area contributed by atoms with Crippen LogP contribution in [-0.4, -0.2) is 29.6 Å². The predicted octanol–water partition coefficient (Wildman–Crippen LogP) is 2.58. The number of carboxylic acids is 1. The Kier molecular flexibility index (Phi) is 6.12. The van der Waals surface area contributed by atoms with E-state index in [1.165, 1.54) is 0 Å². The summed E-state index contributed by atoms with van der Waals surface area (Å²) in [6, 6.07) is 4.66. The van der Waals surface area contributed by atoms with Crippen LogP contribution in [0.1, 0.15) is 32.8 Å². The average molecular weight is 321 g/mol. The summed E-state index contributed by atoms with van der Waals surface area (Å²) in [7, 11) is 0. The molecule has 0 spiro atoms. The largest absolute Gasteiger partial charge is 0.481 e. The lowest BCUT2D eigenvalue weighted by atomic mass is 9.95. The van der Waals surface area contributed by atoms with Gasteiger partial charge in [-0.2, -0.15) is 0 Å². The van der Waals surface area contributed by atoms with Gasteiger partial charge in [0.15, 0.2) is 0 Å². The van der Waals surface area contributed by atoms with Gasteiger partial charge >= 0.3 is 12.0 Å². The van der Waals surface area contributed by atoms with E-state index in [2.05, 4.69) is 16.0 Å². The zero-order valence-corrected chi connectivity index (χ0v) is 13.8. The zero-order valence-electron chi connectivity index (χ0n) is 13.8. The lowest BCUT2D eigenvalue weighted by molar-refractivity contribution is -0.136. The molecule has 1 aromatic carbocycles. The van der Waals surface area contributed by atoms with Gasteiger partial charge in [0.1, 0.15) is 0 Å². The van der Waals surface area contributed by atoms with Crippen LogP contribution < -0.4 is 16.0 Å². The normalized spacial score (nSPS) is 10.8. The van der Waals surface area contributed by atoms with Crippen LogP contribution in [-0.2, 0) is 9.59 Å². The zero-order chi connectivity index (χ0) is 17.6. The second-order valence-electron chi connectivity index (χ2n) is 6.26. The van der Waals surface area contributed by atoms with Gasteiger partial charge in [-0.1, -0.05) is 26.8 Å². The van der Waals surface area contributed by atoms with E-state index in [9.17, 15) is 14.4 Å². The summed E-state index contributed by atoms with van der Waals surface area (Å²) in [6.07, 6.45) is -0.145. The topological polar surface area (TPSA) is 108 Å². The molecule has 0 aliphatic carbocycles. The number of carbonyl (C=O) groups is 3. The number of hydrogen-bond acceptors (Lipinski definition) is 3.